The van der Waals surface area contributed by atoms with E-state index in [0.29, 0.717) is 11.9 Å². The van der Waals surface area contributed by atoms with Crippen LogP contribution in [0.1, 0.15) is 63.6 Å². The second-order valence-electron chi connectivity index (χ2n) is 10.2. The molecule has 1 saturated carbocycles. The molecule has 2 aromatic heterocycles. The molecule has 12 heteroatoms. The van der Waals surface area contributed by atoms with E-state index in [0.717, 1.165) is 18.5 Å². The van der Waals surface area contributed by atoms with Crippen LogP contribution in [0.15, 0.2) is 10.6 Å². The highest BCUT2D eigenvalue weighted by Gasteiger charge is 2.45. The number of β-amino-alcohol motifs (C(OH)–C–C–N with tert-alkyl or cyclic N) is 1. The molecular formula is C21H32N8O4. The summed E-state index contributed by atoms with van der Waals surface area (Å²) in [5, 5.41) is 29.3. The van der Waals surface area contributed by atoms with Gasteiger partial charge in [0.1, 0.15) is 12.1 Å². The molecule has 1 aliphatic carbocycles. The maximum Gasteiger partial charge on any atom is 0.317 e. The van der Waals surface area contributed by atoms with E-state index in [1.165, 1.54) is 4.90 Å². The van der Waals surface area contributed by atoms with E-state index >= 15 is 0 Å². The SMILES string of the molecule is CN(C)c1nnc(CNC(=O)[C@@H]2C[C@@H](O)CN2C(=O)[C@@H](n2cc(C3CC3)nn2)C(C)(C)C)o1. The first kappa shape index (κ1) is 23.1. The predicted octanol–water partition coefficient (Wildman–Crippen LogP) is 0.470. The van der Waals surface area contributed by atoms with Crippen molar-refractivity contribution in [3.8, 4) is 0 Å². The molecular weight excluding hydrogens is 428 g/mol. The maximum atomic E-state index is 13.7. The van der Waals surface area contributed by atoms with Crippen molar-refractivity contribution >= 4 is 17.8 Å². The summed E-state index contributed by atoms with van der Waals surface area (Å²) in [6, 6.07) is -1.13. The van der Waals surface area contributed by atoms with Gasteiger partial charge >= 0.3 is 6.01 Å². The Morgan fingerprint density at radius 3 is 2.61 bits per heavy atom. The lowest BCUT2D eigenvalue weighted by molar-refractivity contribution is -0.144. The minimum absolute atomic E-state index is 0.0326. The summed E-state index contributed by atoms with van der Waals surface area (Å²) >= 11 is 0. The monoisotopic (exact) mass is 460 g/mol. The summed E-state index contributed by atoms with van der Waals surface area (Å²) in [6.07, 6.45) is 3.39. The van der Waals surface area contributed by atoms with E-state index in [4.69, 9.17) is 4.42 Å². The zero-order valence-electron chi connectivity index (χ0n) is 19.7. The zero-order chi connectivity index (χ0) is 23.9. The lowest BCUT2D eigenvalue weighted by Crippen LogP contribution is -2.50. The van der Waals surface area contributed by atoms with E-state index in [1.54, 1.807) is 23.7 Å². The fraction of sp³-hybridized carbons (Fsp3) is 0.714. The number of anilines is 1. The fourth-order valence-electron chi connectivity index (χ4n) is 4.10. The molecule has 2 amide bonds. The van der Waals surface area contributed by atoms with Crippen LogP contribution in [0, 0.1) is 5.41 Å². The van der Waals surface area contributed by atoms with Gasteiger partial charge in [-0.25, -0.2) is 4.68 Å². The Morgan fingerprint density at radius 2 is 2.00 bits per heavy atom. The van der Waals surface area contributed by atoms with E-state index in [9.17, 15) is 14.7 Å². The first-order valence-corrected chi connectivity index (χ1v) is 11.2. The number of nitrogens with zero attached hydrogens (tertiary/aromatic N) is 7. The second-order valence-corrected chi connectivity index (χ2v) is 10.2. The normalized spacial score (nSPS) is 21.8. The Hall–Kier alpha value is -3.02. The van der Waals surface area contributed by atoms with Gasteiger partial charge in [-0.15, -0.1) is 10.2 Å². The molecule has 33 heavy (non-hydrogen) atoms. The number of amides is 2. The summed E-state index contributed by atoms with van der Waals surface area (Å²) in [4.78, 5) is 29.8. The number of rotatable bonds is 7. The molecule has 2 fully saturated rings. The molecule has 0 radical (unpaired) electrons. The maximum absolute atomic E-state index is 13.7. The highest BCUT2D eigenvalue weighted by atomic mass is 16.4. The van der Waals surface area contributed by atoms with Gasteiger partial charge < -0.3 is 24.6 Å². The van der Waals surface area contributed by atoms with Gasteiger partial charge in [0.15, 0.2) is 0 Å². The van der Waals surface area contributed by atoms with Gasteiger partial charge in [-0.2, -0.15) is 0 Å². The van der Waals surface area contributed by atoms with E-state index < -0.39 is 23.6 Å². The molecule has 2 aromatic rings. The number of carbonyl (C=O) groups excluding carboxylic acids is 2. The van der Waals surface area contributed by atoms with Crippen LogP contribution in [0.4, 0.5) is 6.01 Å². The van der Waals surface area contributed by atoms with Gasteiger partial charge in [0, 0.05) is 39.2 Å². The van der Waals surface area contributed by atoms with E-state index in [2.05, 4.69) is 25.8 Å². The van der Waals surface area contributed by atoms with Crippen molar-refractivity contribution in [2.24, 2.45) is 5.41 Å². The summed E-state index contributed by atoms with van der Waals surface area (Å²) < 4.78 is 7.07. The quantitative estimate of drug-likeness (QED) is 0.603. The molecule has 2 N–H and O–H groups in total. The number of likely N-dealkylation sites (tertiary alicyclic amines) is 1. The van der Waals surface area contributed by atoms with Crippen molar-refractivity contribution in [1.82, 2.24) is 35.4 Å². The Labute approximate surface area is 192 Å². The average Bonchev–Trinajstić information content (AvgIpc) is 3.13. The third-order valence-electron chi connectivity index (χ3n) is 5.96. The van der Waals surface area contributed by atoms with Crippen LogP contribution in [-0.4, -0.2) is 79.8 Å². The van der Waals surface area contributed by atoms with Crippen molar-refractivity contribution in [2.45, 2.75) is 70.7 Å². The standard InChI is InChI=1S/C21H32N8O4/c1-21(2,3)17(29-11-14(23-26-29)12-6-7-12)19(32)28-10-13(30)8-15(28)18(31)22-9-16-24-25-20(33-16)27(4)5/h11-13,15,17,30H,6-10H2,1-5H3,(H,22,31)/t13-,15+,17-/m1/s1. The van der Waals surface area contributed by atoms with Gasteiger partial charge in [0.05, 0.1) is 18.3 Å². The average molecular weight is 461 g/mol. The smallest absolute Gasteiger partial charge is 0.317 e. The number of aromatic nitrogens is 5. The Balaban J connectivity index is 1.49. The van der Waals surface area contributed by atoms with Crippen LogP contribution in [0.25, 0.3) is 0 Å². The number of aliphatic hydroxyl groups is 1. The van der Waals surface area contributed by atoms with E-state index in [-0.39, 0.29) is 37.2 Å². The minimum Gasteiger partial charge on any atom is -0.406 e. The molecule has 12 nitrogen and oxygen atoms in total. The summed E-state index contributed by atoms with van der Waals surface area (Å²) in [5.74, 6) is 0.0270. The van der Waals surface area contributed by atoms with Gasteiger partial charge in [-0.3, -0.25) is 9.59 Å². The topological polar surface area (TPSA) is 143 Å². The molecule has 180 valence electrons. The number of carbonyl (C=O) groups is 2. The van der Waals surface area contributed by atoms with Gasteiger partial charge in [-0.1, -0.05) is 31.1 Å². The largest absolute Gasteiger partial charge is 0.406 e. The number of aliphatic hydroxyl groups excluding tert-OH is 1. The predicted molar refractivity (Wildman–Crippen MR) is 117 cm³/mol. The van der Waals surface area contributed by atoms with Crippen molar-refractivity contribution < 1.29 is 19.1 Å². The summed E-state index contributed by atoms with van der Waals surface area (Å²) in [5.41, 5.74) is 0.413. The first-order valence-electron chi connectivity index (χ1n) is 11.2. The minimum atomic E-state index is -0.806. The van der Waals surface area contributed by atoms with Crippen LogP contribution in [0.2, 0.25) is 0 Å². The lowest BCUT2D eigenvalue weighted by Gasteiger charge is -2.34. The van der Waals surface area contributed by atoms with Crippen LogP contribution in [-0.2, 0) is 16.1 Å². The van der Waals surface area contributed by atoms with Crippen LogP contribution < -0.4 is 10.2 Å². The highest BCUT2D eigenvalue weighted by molar-refractivity contribution is 5.90. The second kappa shape index (κ2) is 8.73. The van der Waals surface area contributed by atoms with E-state index in [1.807, 2.05) is 27.0 Å². The lowest BCUT2D eigenvalue weighted by atomic mass is 9.85. The molecule has 0 spiro atoms. The van der Waals surface area contributed by atoms with Gasteiger partial charge in [0.2, 0.25) is 17.7 Å². The molecule has 0 bridgehead atoms. The Bertz CT molecular complexity index is 1010. The number of nitrogens with one attached hydrogen (secondary N) is 1. The molecule has 4 rings (SSSR count). The van der Waals surface area contributed by atoms with Crippen LogP contribution >= 0.6 is 0 Å². The third kappa shape index (κ3) is 5.00. The van der Waals surface area contributed by atoms with Crippen LogP contribution in [0.5, 0.6) is 0 Å². The van der Waals surface area contributed by atoms with Crippen molar-refractivity contribution in [2.75, 3.05) is 25.5 Å². The first-order chi connectivity index (χ1) is 15.5. The fourth-order valence-corrected chi connectivity index (χ4v) is 4.10. The highest BCUT2D eigenvalue weighted by Crippen LogP contribution is 2.40. The third-order valence-corrected chi connectivity index (χ3v) is 5.96. The molecule has 0 aromatic carbocycles. The summed E-state index contributed by atoms with van der Waals surface area (Å²) in [7, 11) is 3.54. The molecule has 2 aliphatic rings. The number of hydrogen-bond donors (Lipinski definition) is 2. The van der Waals surface area contributed by atoms with Crippen molar-refractivity contribution in [3.05, 3.63) is 17.8 Å². The zero-order valence-corrected chi connectivity index (χ0v) is 19.7. The van der Waals surface area contributed by atoms with Gasteiger partial charge in [-0.05, 0) is 18.3 Å². The van der Waals surface area contributed by atoms with Crippen LogP contribution in [0.3, 0.4) is 0 Å². The summed E-state index contributed by atoms with van der Waals surface area (Å²) in [6.45, 7) is 5.97. The van der Waals surface area contributed by atoms with Crippen molar-refractivity contribution in [3.63, 3.8) is 0 Å². The Morgan fingerprint density at radius 1 is 1.27 bits per heavy atom. The molecule has 3 atom stereocenters. The molecule has 1 saturated heterocycles. The van der Waals surface area contributed by atoms with Crippen molar-refractivity contribution in [1.29, 1.82) is 0 Å². The molecule has 0 unspecified atom stereocenters. The number of hydrogen-bond acceptors (Lipinski definition) is 9. The van der Waals surface area contributed by atoms with Gasteiger partial charge in [0.25, 0.3) is 0 Å². The Kier molecular flexibility index (Phi) is 6.12. The molecule has 1 aliphatic heterocycles. The molecule has 3 heterocycles.